The van der Waals surface area contributed by atoms with Gasteiger partial charge in [0.25, 0.3) is 0 Å². The molecule has 10 heavy (non-hydrogen) atoms. The molecule has 2 unspecified atom stereocenters. The van der Waals surface area contributed by atoms with Gasteiger partial charge < -0.3 is 0 Å². The van der Waals surface area contributed by atoms with Crippen LogP contribution < -0.4 is 5.43 Å². The predicted octanol–water partition coefficient (Wildman–Crippen LogP) is 1.24. The van der Waals surface area contributed by atoms with Crippen LogP contribution >= 0.6 is 0 Å². The molecule has 0 aromatic heterocycles. The highest BCUT2D eigenvalue weighted by molar-refractivity contribution is 4.76. The van der Waals surface area contributed by atoms with Gasteiger partial charge in [0.2, 0.25) is 0 Å². The Bertz CT molecular complexity index is 93.4. The normalized spacial score (nSPS) is 35.1. The number of nitrogens with one attached hydrogen (secondary N) is 1. The molecule has 1 aliphatic heterocycles. The fourth-order valence-corrected chi connectivity index (χ4v) is 1.40. The summed E-state index contributed by atoms with van der Waals surface area (Å²) in [5.41, 5.74) is 3.44. The zero-order valence-electron chi connectivity index (χ0n) is 7.22. The van der Waals surface area contributed by atoms with Crippen LogP contribution in [0.1, 0.15) is 27.2 Å². The van der Waals surface area contributed by atoms with Crippen LogP contribution in [0.4, 0.5) is 0 Å². The maximum absolute atomic E-state index is 3.44. The van der Waals surface area contributed by atoms with Crippen LogP contribution in [0.25, 0.3) is 0 Å². The third-order valence-electron chi connectivity index (χ3n) is 2.24. The van der Waals surface area contributed by atoms with E-state index in [2.05, 4.69) is 31.2 Å². The number of nitrogens with zero attached hydrogens (tertiary/aromatic N) is 1. The van der Waals surface area contributed by atoms with Crippen molar-refractivity contribution in [2.75, 3.05) is 13.1 Å². The summed E-state index contributed by atoms with van der Waals surface area (Å²) in [6.07, 6.45) is 1.24. The highest BCUT2D eigenvalue weighted by Crippen LogP contribution is 2.12. The minimum absolute atomic E-state index is 0.673. The molecule has 2 heteroatoms. The first-order valence-electron chi connectivity index (χ1n) is 4.25. The van der Waals surface area contributed by atoms with Gasteiger partial charge in [0.15, 0.2) is 0 Å². The molecule has 0 saturated carbocycles. The van der Waals surface area contributed by atoms with Crippen LogP contribution in [0.15, 0.2) is 0 Å². The largest absolute Gasteiger partial charge is 0.252 e. The lowest BCUT2D eigenvalue weighted by Crippen LogP contribution is -2.34. The highest BCUT2D eigenvalue weighted by atomic mass is 15.5. The Morgan fingerprint density at radius 1 is 1.50 bits per heavy atom. The Hall–Kier alpha value is -0.0800. The summed E-state index contributed by atoms with van der Waals surface area (Å²) in [4.78, 5) is 0. The lowest BCUT2D eigenvalue weighted by Gasteiger charge is -2.14. The number of hydrogen-bond donors (Lipinski definition) is 1. The molecule has 1 aliphatic rings. The second kappa shape index (κ2) is 3.35. The van der Waals surface area contributed by atoms with Gasteiger partial charge in [-0.15, -0.1) is 0 Å². The summed E-state index contributed by atoms with van der Waals surface area (Å²) in [6, 6.07) is 0.673. The van der Waals surface area contributed by atoms with E-state index < -0.39 is 0 Å². The van der Waals surface area contributed by atoms with E-state index in [1.165, 1.54) is 19.5 Å². The average molecular weight is 142 g/mol. The summed E-state index contributed by atoms with van der Waals surface area (Å²) in [5.74, 6) is 0.812. The van der Waals surface area contributed by atoms with Crippen molar-refractivity contribution in [3.63, 3.8) is 0 Å². The predicted molar refractivity (Wildman–Crippen MR) is 43.6 cm³/mol. The van der Waals surface area contributed by atoms with E-state index in [1.54, 1.807) is 0 Å². The van der Waals surface area contributed by atoms with Crippen molar-refractivity contribution in [2.24, 2.45) is 5.92 Å². The van der Waals surface area contributed by atoms with Gasteiger partial charge in [0.05, 0.1) is 0 Å². The number of hydrazine groups is 1. The van der Waals surface area contributed by atoms with Crippen LogP contribution in [0.5, 0.6) is 0 Å². The minimum atomic E-state index is 0.673. The molecule has 1 heterocycles. The summed E-state index contributed by atoms with van der Waals surface area (Å²) < 4.78 is 0. The smallest absolute Gasteiger partial charge is 0.0225 e. The van der Waals surface area contributed by atoms with Crippen molar-refractivity contribution in [1.29, 1.82) is 0 Å². The van der Waals surface area contributed by atoms with E-state index in [1.807, 2.05) is 0 Å². The first-order chi connectivity index (χ1) is 4.74. The Balaban J connectivity index is 2.27. The molecule has 0 aromatic carbocycles. The molecule has 1 fully saturated rings. The van der Waals surface area contributed by atoms with Gasteiger partial charge in [0, 0.05) is 19.1 Å². The summed E-state index contributed by atoms with van der Waals surface area (Å²) >= 11 is 0. The molecule has 60 valence electrons. The van der Waals surface area contributed by atoms with Gasteiger partial charge in [0.1, 0.15) is 0 Å². The highest BCUT2D eigenvalue weighted by Gasteiger charge is 2.23. The Labute approximate surface area is 63.6 Å². The van der Waals surface area contributed by atoms with E-state index in [-0.39, 0.29) is 0 Å². The zero-order valence-corrected chi connectivity index (χ0v) is 7.22. The fourth-order valence-electron chi connectivity index (χ4n) is 1.40. The van der Waals surface area contributed by atoms with E-state index in [0.29, 0.717) is 6.04 Å². The molecule has 0 spiro atoms. The second-order valence-electron chi connectivity index (χ2n) is 3.34. The minimum Gasteiger partial charge on any atom is -0.252 e. The van der Waals surface area contributed by atoms with Crippen LogP contribution in [-0.4, -0.2) is 24.1 Å². The van der Waals surface area contributed by atoms with Gasteiger partial charge in [-0.05, 0) is 19.3 Å². The van der Waals surface area contributed by atoms with Crippen molar-refractivity contribution < 1.29 is 0 Å². The molecule has 2 atom stereocenters. The quantitative estimate of drug-likeness (QED) is 0.624. The lowest BCUT2D eigenvalue weighted by molar-refractivity contribution is 0.238. The van der Waals surface area contributed by atoms with Crippen molar-refractivity contribution in [1.82, 2.24) is 10.4 Å². The molecular weight excluding hydrogens is 124 g/mol. The molecular formula is C8H18N2. The van der Waals surface area contributed by atoms with Gasteiger partial charge in [-0.2, -0.15) is 0 Å². The number of hydrogen-bond acceptors (Lipinski definition) is 2. The van der Waals surface area contributed by atoms with Crippen molar-refractivity contribution in [3.8, 4) is 0 Å². The van der Waals surface area contributed by atoms with Crippen LogP contribution in [0.2, 0.25) is 0 Å². The van der Waals surface area contributed by atoms with Gasteiger partial charge >= 0.3 is 0 Å². The van der Waals surface area contributed by atoms with E-state index in [9.17, 15) is 0 Å². The molecule has 0 bridgehead atoms. The molecule has 1 N–H and O–H groups in total. The van der Waals surface area contributed by atoms with Gasteiger partial charge in [-0.25, -0.2) is 5.01 Å². The van der Waals surface area contributed by atoms with Crippen molar-refractivity contribution >= 4 is 0 Å². The first kappa shape index (κ1) is 8.02. The van der Waals surface area contributed by atoms with Crippen LogP contribution in [0, 0.1) is 5.92 Å². The SMILES string of the molecule is CCCN1CC(C)C(C)N1. The third-order valence-corrected chi connectivity index (χ3v) is 2.24. The van der Waals surface area contributed by atoms with E-state index >= 15 is 0 Å². The zero-order chi connectivity index (χ0) is 7.56. The topological polar surface area (TPSA) is 15.3 Å². The Morgan fingerprint density at radius 2 is 2.20 bits per heavy atom. The lowest BCUT2D eigenvalue weighted by atomic mass is 10.1. The Morgan fingerprint density at radius 3 is 2.60 bits per heavy atom. The maximum atomic E-state index is 3.44. The summed E-state index contributed by atoms with van der Waals surface area (Å²) in [6.45, 7) is 9.17. The van der Waals surface area contributed by atoms with E-state index in [4.69, 9.17) is 0 Å². The van der Waals surface area contributed by atoms with Crippen LogP contribution in [0.3, 0.4) is 0 Å². The standard InChI is InChI=1S/C8H18N2/c1-4-5-10-6-7(2)8(3)9-10/h7-9H,4-6H2,1-3H3. The van der Waals surface area contributed by atoms with Crippen molar-refractivity contribution in [2.45, 2.75) is 33.2 Å². The summed E-state index contributed by atoms with van der Waals surface area (Å²) in [7, 11) is 0. The van der Waals surface area contributed by atoms with Gasteiger partial charge in [-0.3, -0.25) is 5.43 Å². The molecule has 2 nitrogen and oxygen atoms in total. The first-order valence-corrected chi connectivity index (χ1v) is 4.25. The molecule has 0 aromatic rings. The molecule has 0 amide bonds. The third kappa shape index (κ3) is 1.70. The van der Waals surface area contributed by atoms with E-state index in [0.717, 1.165) is 5.92 Å². The van der Waals surface area contributed by atoms with Crippen LogP contribution in [-0.2, 0) is 0 Å². The van der Waals surface area contributed by atoms with Gasteiger partial charge in [-0.1, -0.05) is 13.8 Å². The molecule has 0 aliphatic carbocycles. The van der Waals surface area contributed by atoms with Crippen molar-refractivity contribution in [3.05, 3.63) is 0 Å². The summed E-state index contributed by atoms with van der Waals surface area (Å²) in [5, 5.41) is 2.33. The molecule has 0 radical (unpaired) electrons. The fraction of sp³-hybridized carbons (Fsp3) is 1.00. The molecule has 1 rings (SSSR count). The average Bonchev–Trinajstić information content (AvgIpc) is 2.14. The Kier molecular flexibility index (Phi) is 2.69. The molecule has 1 saturated heterocycles. The maximum Gasteiger partial charge on any atom is 0.0225 e. The second-order valence-corrected chi connectivity index (χ2v) is 3.34. The number of rotatable bonds is 2. The monoisotopic (exact) mass is 142 g/mol.